The average molecular weight is 281 g/mol. The second kappa shape index (κ2) is 4.03. The molecule has 0 amide bonds. The van der Waals surface area contributed by atoms with Gasteiger partial charge in [0.1, 0.15) is 5.60 Å². The molecule has 0 spiro atoms. The Morgan fingerprint density at radius 2 is 2.12 bits per heavy atom. The molecular formula is C12H13BrN2O. The van der Waals surface area contributed by atoms with E-state index in [-0.39, 0.29) is 0 Å². The quantitative estimate of drug-likeness (QED) is 0.918. The van der Waals surface area contributed by atoms with Crippen LogP contribution in [0.1, 0.15) is 18.1 Å². The molecule has 1 heterocycles. The fraction of sp³-hybridized carbons (Fsp3) is 0.250. The van der Waals surface area contributed by atoms with Gasteiger partial charge in [-0.25, -0.2) is 0 Å². The molecule has 2 rings (SSSR count). The van der Waals surface area contributed by atoms with Crippen LogP contribution in [0, 0.1) is 0 Å². The average Bonchev–Trinajstić information content (AvgIpc) is 2.65. The molecule has 1 aromatic heterocycles. The summed E-state index contributed by atoms with van der Waals surface area (Å²) >= 11 is 3.40. The fourth-order valence-electron chi connectivity index (χ4n) is 1.63. The van der Waals surface area contributed by atoms with E-state index in [9.17, 15) is 5.11 Å². The summed E-state index contributed by atoms with van der Waals surface area (Å²) in [5, 5.41) is 14.6. The zero-order valence-corrected chi connectivity index (χ0v) is 10.8. The molecule has 1 aromatic carbocycles. The van der Waals surface area contributed by atoms with Gasteiger partial charge in [-0.1, -0.05) is 28.1 Å². The Kier molecular flexibility index (Phi) is 2.86. The molecular weight excluding hydrogens is 268 g/mol. The number of benzene rings is 1. The van der Waals surface area contributed by atoms with Gasteiger partial charge in [0.15, 0.2) is 0 Å². The lowest BCUT2D eigenvalue weighted by molar-refractivity contribution is 0.102. The van der Waals surface area contributed by atoms with Gasteiger partial charge in [0.25, 0.3) is 0 Å². The molecule has 3 nitrogen and oxygen atoms in total. The van der Waals surface area contributed by atoms with E-state index in [0.717, 1.165) is 15.6 Å². The van der Waals surface area contributed by atoms with Gasteiger partial charge in [-0.2, -0.15) is 5.10 Å². The summed E-state index contributed by atoms with van der Waals surface area (Å²) in [5.41, 5.74) is 0.612. The van der Waals surface area contributed by atoms with Crippen LogP contribution in [-0.2, 0) is 12.6 Å². The molecule has 0 aliphatic rings. The molecule has 84 valence electrons. The topological polar surface area (TPSA) is 38.0 Å². The highest BCUT2D eigenvalue weighted by Crippen LogP contribution is 2.30. The Balaban J connectivity index is 2.46. The molecule has 0 bridgehead atoms. The predicted molar refractivity (Wildman–Crippen MR) is 66.0 cm³/mol. The third kappa shape index (κ3) is 2.03. The van der Waals surface area contributed by atoms with Crippen molar-refractivity contribution in [1.29, 1.82) is 0 Å². The number of nitrogens with zero attached hydrogens (tertiary/aromatic N) is 2. The van der Waals surface area contributed by atoms with Gasteiger partial charge in [-0.3, -0.25) is 4.68 Å². The summed E-state index contributed by atoms with van der Waals surface area (Å²) in [7, 11) is 1.83. The summed E-state index contributed by atoms with van der Waals surface area (Å²) in [6.45, 7) is 1.77. The molecule has 0 aliphatic heterocycles. The van der Waals surface area contributed by atoms with Crippen LogP contribution in [0.2, 0.25) is 0 Å². The molecule has 1 atom stereocenters. The van der Waals surface area contributed by atoms with E-state index in [4.69, 9.17) is 0 Å². The highest BCUT2D eigenvalue weighted by Gasteiger charge is 2.27. The minimum absolute atomic E-state index is 0.785. The standard InChI is InChI=1S/C12H13BrN2O/c1-12(16,10-7-14-15(2)8-10)9-4-3-5-11(13)6-9/h3-8,16H,1-2H3. The molecule has 2 aromatic rings. The van der Waals surface area contributed by atoms with E-state index in [1.807, 2.05) is 37.5 Å². The number of halogens is 1. The van der Waals surface area contributed by atoms with Crippen LogP contribution in [0.4, 0.5) is 0 Å². The number of aryl methyl sites for hydroxylation is 1. The van der Waals surface area contributed by atoms with Gasteiger partial charge in [0.05, 0.1) is 6.20 Å². The van der Waals surface area contributed by atoms with Crippen molar-refractivity contribution in [3.05, 3.63) is 52.3 Å². The molecule has 0 radical (unpaired) electrons. The number of aromatic nitrogens is 2. The first kappa shape index (κ1) is 11.4. The van der Waals surface area contributed by atoms with Gasteiger partial charge in [-0.05, 0) is 24.6 Å². The van der Waals surface area contributed by atoms with Gasteiger partial charge >= 0.3 is 0 Å². The minimum Gasteiger partial charge on any atom is -0.381 e. The van der Waals surface area contributed by atoms with Crippen LogP contribution in [0.5, 0.6) is 0 Å². The summed E-state index contributed by atoms with van der Waals surface area (Å²) in [5.74, 6) is 0. The molecule has 0 aliphatic carbocycles. The third-order valence-electron chi connectivity index (χ3n) is 2.65. The minimum atomic E-state index is -1.02. The number of hydrogen-bond donors (Lipinski definition) is 1. The summed E-state index contributed by atoms with van der Waals surface area (Å²) in [4.78, 5) is 0. The van der Waals surface area contributed by atoms with Crippen molar-refractivity contribution in [2.75, 3.05) is 0 Å². The predicted octanol–water partition coefficient (Wildman–Crippen LogP) is 2.44. The van der Waals surface area contributed by atoms with E-state index in [0.29, 0.717) is 0 Å². The van der Waals surface area contributed by atoms with Crippen LogP contribution < -0.4 is 0 Å². The van der Waals surface area contributed by atoms with Crippen LogP contribution in [0.15, 0.2) is 41.1 Å². The number of rotatable bonds is 2. The molecule has 0 saturated heterocycles. The maximum absolute atomic E-state index is 10.5. The van der Waals surface area contributed by atoms with Crippen LogP contribution >= 0.6 is 15.9 Å². The van der Waals surface area contributed by atoms with E-state index in [1.165, 1.54) is 0 Å². The van der Waals surface area contributed by atoms with Crippen LogP contribution in [0.25, 0.3) is 0 Å². The van der Waals surface area contributed by atoms with Crippen LogP contribution in [-0.4, -0.2) is 14.9 Å². The Hall–Kier alpha value is -1.13. The summed E-state index contributed by atoms with van der Waals surface area (Å²) < 4.78 is 2.64. The molecule has 0 saturated carbocycles. The smallest absolute Gasteiger partial charge is 0.115 e. The van der Waals surface area contributed by atoms with E-state index in [1.54, 1.807) is 17.8 Å². The second-order valence-electron chi connectivity index (χ2n) is 3.99. The highest BCUT2D eigenvalue weighted by molar-refractivity contribution is 9.10. The Morgan fingerprint density at radius 3 is 2.69 bits per heavy atom. The number of hydrogen-bond acceptors (Lipinski definition) is 2. The van der Waals surface area contributed by atoms with Gasteiger partial charge < -0.3 is 5.11 Å². The molecule has 4 heteroatoms. The van der Waals surface area contributed by atoms with Crippen molar-refractivity contribution < 1.29 is 5.11 Å². The molecule has 16 heavy (non-hydrogen) atoms. The zero-order chi connectivity index (χ0) is 11.8. The van der Waals surface area contributed by atoms with Crippen molar-refractivity contribution in [3.63, 3.8) is 0 Å². The van der Waals surface area contributed by atoms with Crippen molar-refractivity contribution in [1.82, 2.24) is 9.78 Å². The van der Waals surface area contributed by atoms with Gasteiger partial charge in [-0.15, -0.1) is 0 Å². The molecule has 1 unspecified atom stereocenters. The first-order chi connectivity index (χ1) is 7.50. The van der Waals surface area contributed by atoms with E-state index >= 15 is 0 Å². The number of aliphatic hydroxyl groups is 1. The van der Waals surface area contributed by atoms with Crippen molar-refractivity contribution in [2.24, 2.45) is 7.05 Å². The Bertz CT molecular complexity index is 505. The summed E-state index contributed by atoms with van der Waals surface area (Å²) in [6.07, 6.45) is 3.50. The Morgan fingerprint density at radius 1 is 1.38 bits per heavy atom. The summed E-state index contributed by atoms with van der Waals surface area (Å²) in [6, 6.07) is 7.65. The van der Waals surface area contributed by atoms with Crippen LogP contribution in [0.3, 0.4) is 0 Å². The second-order valence-corrected chi connectivity index (χ2v) is 4.90. The first-order valence-electron chi connectivity index (χ1n) is 4.97. The van der Waals surface area contributed by atoms with Crippen molar-refractivity contribution in [3.8, 4) is 0 Å². The van der Waals surface area contributed by atoms with E-state index < -0.39 is 5.60 Å². The van der Waals surface area contributed by atoms with Crippen molar-refractivity contribution >= 4 is 15.9 Å². The van der Waals surface area contributed by atoms with E-state index in [2.05, 4.69) is 21.0 Å². The van der Waals surface area contributed by atoms with Gasteiger partial charge in [0.2, 0.25) is 0 Å². The normalized spacial score (nSPS) is 14.8. The molecule has 0 fully saturated rings. The van der Waals surface area contributed by atoms with Gasteiger partial charge in [0, 0.05) is 23.3 Å². The first-order valence-corrected chi connectivity index (χ1v) is 5.77. The molecule has 1 N–H and O–H groups in total. The van der Waals surface area contributed by atoms with Crippen molar-refractivity contribution in [2.45, 2.75) is 12.5 Å². The SMILES string of the molecule is Cn1cc(C(C)(O)c2cccc(Br)c2)cn1. The lowest BCUT2D eigenvalue weighted by Crippen LogP contribution is -2.22. The largest absolute Gasteiger partial charge is 0.381 e. The zero-order valence-electron chi connectivity index (χ0n) is 9.18. The highest BCUT2D eigenvalue weighted by atomic mass is 79.9. The maximum Gasteiger partial charge on any atom is 0.115 e. The third-order valence-corrected chi connectivity index (χ3v) is 3.15. The fourth-order valence-corrected chi connectivity index (χ4v) is 2.03. The lowest BCUT2D eigenvalue weighted by atomic mass is 9.90. The Labute approximate surface area is 103 Å². The lowest BCUT2D eigenvalue weighted by Gasteiger charge is -2.22. The maximum atomic E-state index is 10.5. The monoisotopic (exact) mass is 280 g/mol.